The summed E-state index contributed by atoms with van der Waals surface area (Å²) in [4.78, 5) is 28.7. The summed E-state index contributed by atoms with van der Waals surface area (Å²) in [6.45, 7) is 3.86. The van der Waals surface area contributed by atoms with Crippen molar-refractivity contribution in [1.29, 1.82) is 0 Å². The fourth-order valence-electron chi connectivity index (χ4n) is 4.13. The zero-order valence-corrected chi connectivity index (χ0v) is 24.7. The van der Waals surface area contributed by atoms with E-state index in [1.54, 1.807) is 61.7 Å². The largest absolute Gasteiger partial charge is 0.497 e. The lowest BCUT2D eigenvalue weighted by molar-refractivity contribution is -0.140. The summed E-state index contributed by atoms with van der Waals surface area (Å²) in [5.41, 5.74) is 1.08. The van der Waals surface area contributed by atoms with Gasteiger partial charge in [-0.2, -0.15) is 0 Å². The first kappa shape index (κ1) is 30.2. The molecule has 0 fully saturated rings. The quantitative estimate of drug-likeness (QED) is 0.292. The molecule has 0 saturated heterocycles. The Morgan fingerprint density at radius 1 is 0.974 bits per heavy atom. The molecule has 0 aliphatic rings. The number of rotatable bonds is 13. The van der Waals surface area contributed by atoms with Crippen LogP contribution in [0.1, 0.15) is 32.3 Å². The Morgan fingerprint density at radius 3 is 2.33 bits per heavy atom. The Labute approximate surface area is 239 Å². The highest BCUT2D eigenvalue weighted by molar-refractivity contribution is 9.10. The van der Waals surface area contributed by atoms with E-state index in [0.717, 1.165) is 16.3 Å². The van der Waals surface area contributed by atoms with Crippen LogP contribution in [-0.2, 0) is 26.2 Å². The van der Waals surface area contributed by atoms with Crippen LogP contribution in [0, 0.1) is 0 Å². The van der Waals surface area contributed by atoms with Gasteiger partial charge in [-0.3, -0.25) is 13.9 Å². The average molecular weight is 617 g/mol. The Bertz CT molecular complexity index is 1370. The Kier molecular flexibility index (Phi) is 10.9. The fraction of sp³-hybridized carbons (Fsp3) is 0.310. The summed E-state index contributed by atoms with van der Waals surface area (Å²) < 4.78 is 34.7. The highest BCUT2D eigenvalue weighted by Gasteiger charge is 2.33. The monoisotopic (exact) mass is 615 g/mol. The van der Waals surface area contributed by atoms with E-state index in [1.807, 2.05) is 26.0 Å². The van der Waals surface area contributed by atoms with Gasteiger partial charge in [0.2, 0.25) is 11.8 Å². The third-order valence-corrected chi connectivity index (χ3v) is 8.41. The normalized spacial score (nSPS) is 11.9. The van der Waals surface area contributed by atoms with Crippen molar-refractivity contribution in [2.45, 2.75) is 44.2 Å². The van der Waals surface area contributed by atoms with E-state index in [-0.39, 0.29) is 17.3 Å². The summed E-state index contributed by atoms with van der Waals surface area (Å²) in [6.07, 6.45) is 1.10. The molecule has 0 heterocycles. The van der Waals surface area contributed by atoms with Crippen molar-refractivity contribution in [2.75, 3.05) is 24.5 Å². The first-order valence-electron chi connectivity index (χ1n) is 12.7. The zero-order valence-electron chi connectivity index (χ0n) is 22.3. The van der Waals surface area contributed by atoms with Crippen molar-refractivity contribution in [2.24, 2.45) is 0 Å². The van der Waals surface area contributed by atoms with Gasteiger partial charge >= 0.3 is 0 Å². The van der Waals surface area contributed by atoms with Gasteiger partial charge in [0.1, 0.15) is 18.3 Å². The summed E-state index contributed by atoms with van der Waals surface area (Å²) in [7, 11) is -2.55. The minimum Gasteiger partial charge on any atom is -0.497 e. The van der Waals surface area contributed by atoms with Crippen molar-refractivity contribution in [3.05, 3.63) is 88.9 Å². The lowest BCUT2D eigenvalue weighted by Gasteiger charge is -2.33. The second-order valence-corrected chi connectivity index (χ2v) is 11.7. The van der Waals surface area contributed by atoms with Gasteiger partial charge in [-0.25, -0.2) is 8.42 Å². The first-order chi connectivity index (χ1) is 18.7. The fourth-order valence-corrected chi connectivity index (χ4v) is 5.95. The van der Waals surface area contributed by atoms with Gasteiger partial charge in [-0.05, 0) is 60.9 Å². The van der Waals surface area contributed by atoms with Gasteiger partial charge in [-0.1, -0.05) is 66.2 Å². The highest BCUT2D eigenvalue weighted by Crippen LogP contribution is 2.27. The third kappa shape index (κ3) is 7.83. The molecule has 1 unspecified atom stereocenters. The molecule has 0 bridgehead atoms. The van der Waals surface area contributed by atoms with Crippen LogP contribution in [-0.4, -0.2) is 51.4 Å². The Morgan fingerprint density at radius 2 is 1.69 bits per heavy atom. The smallest absolute Gasteiger partial charge is 0.264 e. The lowest BCUT2D eigenvalue weighted by atomic mass is 10.1. The summed E-state index contributed by atoms with van der Waals surface area (Å²) in [6, 6.07) is 21.2. The van der Waals surface area contributed by atoms with Gasteiger partial charge in [0.25, 0.3) is 10.0 Å². The lowest BCUT2D eigenvalue weighted by Crippen LogP contribution is -2.52. The number of nitrogens with zero attached hydrogens (tertiary/aromatic N) is 2. The van der Waals surface area contributed by atoms with Crippen molar-refractivity contribution >= 4 is 43.5 Å². The van der Waals surface area contributed by atoms with Gasteiger partial charge in [0.05, 0.1) is 17.7 Å². The molecule has 0 spiro atoms. The Hall–Kier alpha value is -3.37. The number of sulfonamides is 1. The van der Waals surface area contributed by atoms with Crippen LogP contribution < -0.4 is 14.4 Å². The van der Waals surface area contributed by atoms with E-state index in [4.69, 9.17) is 4.74 Å². The minimum absolute atomic E-state index is 0.0600. The van der Waals surface area contributed by atoms with Crippen molar-refractivity contribution in [1.82, 2.24) is 10.2 Å². The predicted molar refractivity (Wildman–Crippen MR) is 156 cm³/mol. The number of nitrogens with one attached hydrogen (secondary N) is 1. The summed E-state index contributed by atoms with van der Waals surface area (Å²) in [5, 5.41) is 2.88. The molecule has 0 aromatic heterocycles. The highest BCUT2D eigenvalue weighted by atomic mass is 79.9. The number of methoxy groups -OCH3 is 1. The molecule has 1 N–H and O–H groups in total. The molecule has 39 heavy (non-hydrogen) atoms. The van der Waals surface area contributed by atoms with Crippen LogP contribution in [0.3, 0.4) is 0 Å². The van der Waals surface area contributed by atoms with E-state index in [0.29, 0.717) is 28.9 Å². The van der Waals surface area contributed by atoms with Gasteiger partial charge < -0.3 is 15.0 Å². The van der Waals surface area contributed by atoms with Gasteiger partial charge in [0.15, 0.2) is 0 Å². The predicted octanol–water partition coefficient (Wildman–Crippen LogP) is 4.99. The molecule has 3 rings (SSSR count). The number of benzene rings is 3. The van der Waals surface area contributed by atoms with Crippen molar-refractivity contribution in [3.63, 3.8) is 0 Å². The maximum absolute atomic E-state index is 14.0. The number of carbonyl (C=O) groups excluding carboxylic acids is 2. The topological polar surface area (TPSA) is 96.0 Å². The Balaban J connectivity index is 2.05. The van der Waals surface area contributed by atoms with Crippen LogP contribution in [0.25, 0.3) is 0 Å². The molecular weight excluding hydrogens is 582 g/mol. The second kappa shape index (κ2) is 14.1. The number of ether oxygens (including phenoxy) is 1. The van der Waals surface area contributed by atoms with E-state index in [2.05, 4.69) is 21.2 Å². The molecule has 1 atom stereocenters. The SMILES string of the molecule is CCCNC(=O)C(CC)N(Cc1cccc(OC)c1)C(=O)CN(c1cccc(Br)c1)S(=O)(=O)c1ccccc1. The molecular formula is C29H34BrN3O5S. The van der Waals surface area contributed by atoms with Gasteiger partial charge in [-0.15, -0.1) is 0 Å². The molecule has 208 valence electrons. The summed E-state index contributed by atoms with van der Waals surface area (Å²) in [5.74, 6) is -0.169. The maximum atomic E-state index is 14.0. The van der Waals surface area contributed by atoms with Crippen LogP contribution in [0.2, 0.25) is 0 Å². The maximum Gasteiger partial charge on any atom is 0.264 e. The number of halogens is 1. The van der Waals surface area contributed by atoms with E-state index < -0.39 is 28.5 Å². The van der Waals surface area contributed by atoms with Crippen LogP contribution in [0.4, 0.5) is 5.69 Å². The van der Waals surface area contributed by atoms with Crippen LogP contribution >= 0.6 is 15.9 Å². The van der Waals surface area contributed by atoms with Gasteiger partial charge in [0, 0.05) is 17.6 Å². The average Bonchev–Trinajstić information content (AvgIpc) is 2.95. The van der Waals surface area contributed by atoms with Crippen LogP contribution in [0.5, 0.6) is 5.75 Å². The van der Waals surface area contributed by atoms with Crippen LogP contribution in [0.15, 0.2) is 88.2 Å². The molecule has 3 aromatic rings. The number of hydrogen-bond acceptors (Lipinski definition) is 5. The number of amides is 2. The molecule has 0 radical (unpaired) electrons. The zero-order chi connectivity index (χ0) is 28.4. The molecule has 2 amide bonds. The van der Waals surface area contributed by atoms with Crippen molar-refractivity contribution < 1.29 is 22.7 Å². The summed E-state index contributed by atoms with van der Waals surface area (Å²) >= 11 is 3.40. The number of hydrogen-bond donors (Lipinski definition) is 1. The molecule has 0 aliphatic heterocycles. The van der Waals surface area contributed by atoms with E-state index in [1.165, 1.54) is 17.0 Å². The standard InChI is InChI=1S/C29H34BrN3O5S/c1-4-17-31-29(35)27(5-2)32(20-22-11-9-14-25(18-22)38-3)28(34)21-33(24-13-10-12-23(30)19-24)39(36,37)26-15-7-6-8-16-26/h6-16,18-19,27H,4-5,17,20-21H2,1-3H3,(H,31,35). The third-order valence-electron chi connectivity index (χ3n) is 6.13. The molecule has 8 nitrogen and oxygen atoms in total. The second-order valence-electron chi connectivity index (χ2n) is 8.89. The molecule has 0 aliphatic carbocycles. The molecule has 10 heteroatoms. The molecule has 0 saturated carbocycles. The molecule has 3 aromatic carbocycles. The number of anilines is 1. The van der Waals surface area contributed by atoms with E-state index in [9.17, 15) is 18.0 Å². The van der Waals surface area contributed by atoms with Crippen molar-refractivity contribution in [3.8, 4) is 5.75 Å². The minimum atomic E-state index is -4.11. The number of carbonyl (C=O) groups is 2. The van der Waals surface area contributed by atoms with E-state index >= 15 is 0 Å². The first-order valence-corrected chi connectivity index (χ1v) is 15.0.